The van der Waals surface area contributed by atoms with Gasteiger partial charge in [0.1, 0.15) is 11.5 Å². The summed E-state index contributed by atoms with van der Waals surface area (Å²) < 4.78 is 11.0. The number of methoxy groups -OCH3 is 1. The molecule has 3 heterocycles. The van der Waals surface area contributed by atoms with Gasteiger partial charge in [0.25, 0.3) is 0 Å². The summed E-state index contributed by atoms with van der Waals surface area (Å²) in [5.41, 5.74) is 3.32. The summed E-state index contributed by atoms with van der Waals surface area (Å²) in [4.78, 5) is 31.8. The molecule has 5 rings (SSSR count). The second-order valence-electron chi connectivity index (χ2n) is 8.72. The van der Waals surface area contributed by atoms with Crippen LogP contribution in [0.5, 0.6) is 11.5 Å². The summed E-state index contributed by atoms with van der Waals surface area (Å²) in [5, 5.41) is 0. The predicted octanol–water partition coefficient (Wildman–Crippen LogP) is 2.33. The fourth-order valence-corrected chi connectivity index (χ4v) is 4.94. The largest absolute Gasteiger partial charge is 0.495 e. The zero-order valence-electron chi connectivity index (χ0n) is 18.5. The van der Waals surface area contributed by atoms with Crippen LogP contribution in [0.3, 0.4) is 0 Å². The lowest BCUT2D eigenvalue weighted by molar-refractivity contribution is -0.137. The highest BCUT2D eigenvalue weighted by Crippen LogP contribution is 2.33. The van der Waals surface area contributed by atoms with Gasteiger partial charge < -0.3 is 19.3 Å². The van der Waals surface area contributed by atoms with Gasteiger partial charge in [0.2, 0.25) is 11.8 Å². The van der Waals surface area contributed by atoms with Crippen molar-refractivity contribution in [3.63, 3.8) is 0 Å². The Balaban J connectivity index is 1.16. The number of carbonyl (C=O) groups is 2. The normalized spacial score (nSPS) is 20.9. The number of ether oxygens (including phenoxy) is 2. The second kappa shape index (κ2) is 8.82. The fourth-order valence-electron chi connectivity index (χ4n) is 4.94. The molecule has 2 amide bonds. The third-order valence-electron chi connectivity index (χ3n) is 6.69. The molecule has 0 N–H and O–H groups in total. The lowest BCUT2D eigenvalue weighted by atomic mass is 10.1. The Morgan fingerprint density at radius 3 is 2.75 bits per heavy atom. The van der Waals surface area contributed by atoms with E-state index in [1.807, 2.05) is 29.2 Å². The van der Waals surface area contributed by atoms with Gasteiger partial charge in [0.05, 0.1) is 25.3 Å². The minimum Gasteiger partial charge on any atom is -0.495 e. The first-order valence-corrected chi connectivity index (χ1v) is 11.3. The molecule has 0 aromatic heterocycles. The maximum atomic E-state index is 13.2. The van der Waals surface area contributed by atoms with Gasteiger partial charge in [-0.1, -0.05) is 24.3 Å². The molecule has 0 aliphatic carbocycles. The Morgan fingerprint density at radius 2 is 1.94 bits per heavy atom. The van der Waals surface area contributed by atoms with E-state index in [9.17, 15) is 9.59 Å². The Bertz CT molecular complexity index is 1020. The van der Waals surface area contributed by atoms with E-state index in [4.69, 9.17) is 9.47 Å². The van der Waals surface area contributed by atoms with Crippen molar-refractivity contribution in [2.24, 2.45) is 5.92 Å². The highest BCUT2D eigenvalue weighted by atomic mass is 16.5. The van der Waals surface area contributed by atoms with E-state index >= 15 is 0 Å². The summed E-state index contributed by atoms with van der Waals surface area (Å²) in [6.07, 6.45) is 1.24. The Kier molecular flexibility index (Phi) is 5.74. The second-order valence-corrected chi connectivity index (χ2v) is 8.72. The summed E-state index contributed by atoms with van der Waals surface area (Å²) in [7, 11) is 1.60. The van der Waals surface area contributed by atoms with Crippen LogP contribution in [0.15, 0.2) is 42.5 Å². The maximum Gasteiger partial charge on any atom is 0.228 e. The minimum atomic E-state index is -0.296. The van der Waals surface area contributed by atoms with Crippen molar-refractivity contribution in [3.05, 3.63) is 53.6 Å². The summed E-state index contributed by atoms with van der Waals surface area (Å²) in [6.45, 7) is 5.16. The maximum absolute atomic E-state index is 13.2. The minimum absolute atomic E-state index is 0.0212. The number of amides is 2. The molecule has 0 saturated carbocycles. The molecule has 1 atom stereocenters. The highest BCUT2D eigenvalue weighted by molar-refractivity contribution is 6.01. The number of anilines is 1. The number of para-hydroxylation sites is 2. The highest BCUT2D eigenvalue weighted by Gasteiger charge is 2.38. The smallest absolute Gasteiger partial charge is 0.228 e. The molecule has 0 radical (unpaired) electrons. The van der Waals surface area contributed by atoms with E-state index in [0.717, 1.165) is 44.1 Å². The number of piperazine rings is 1. The molecule has 7 heteroatoms. The van der Waals surface area contributed by atoms with Gasteiger partial charge >= 0.3 is 0 Å². The van der Waals surface area contributed by atoms with Gasteiger partial charge in [-0.05, 0) is 29.3 Å². The van der Waals surface area contributed by atoms with E-state index in [2.05, 4.69) is 23.1 Å². The number of nitrogens with zero attached hydrogens (tertiary/aromatic N) is 3. The van der Waals surface area contributed by atoms with E-state index in [0.29, 0.717) is 25.4 Å². The molecule has 2 aromatic rings. The van der Waals surface area contributed by atoms with E-state index < -0.39 is 0 Å². The van der Waals surface area contributed by atoms with Crippen molar-refractivity contribution in [3.8, 4) is 11.5 Å². The third-order valence-corrected chi connectivity index (χ3v) is 6.69. The van der Waals surface area contributed by atoms with Gasteiger partial charge in [-0.2, -0.15) is 0 Å². The van der Waals surface area contributed by atoms with Crippen LogP contribution in [0.1, 0.15) is 17.5 Å². The molecule has 168 valence electrons. The zero-order valence-corrected chi connectivity index (χ0v) is 18.5. The number of hydrogen-bond donors (Lipinski definition) is 0. The first-order chi connectivity index (χ1) is 15.6. The molecule has 2 saturated heterocycles. The molecular formula is C25H29N3O4. The summed E-state index contributed by atoms with van der Waals surface area (Å²) in [5.74, 6) is 1.44. The number of carbonyl (C=O) groups excluding carboxylic acids is 2. The van der Waals surface area contributed by atoms with Crippen LogP contribution in [0.25, 0.3) is 0 Å². The van der Waals surface area contributed by atoms with Crippen LogP contribution in [-0.4, -0.2) is 68.1 Å². The first kappa shape index (κ1) is 20.8. The van der Waals surface area contributed by atoms with E-state index in [1.165, 1.54) is 11.1 Å². The van der Waals surface area contributed by atoms with Gasteiger partial charge in [0.15, 0.2) is 0 Å². The molecule has 3 aliphatic heterocycles. The molecule has 3 aliphatic rings. The SMILES string of the molecule is COc1ccccc1N1CC(C(=O)N2CCN(Cc3ccc4c(c3)CCO4)CC2)CC1=O. The van der Waals surface area contributed by atoms with Crippen molar-refractivity contribution < 1.29 is 19.1 Å². The number of hydrogen-bond acceptors (Lipinski definition) is 5. The quantitative estimate of drug-likeness (QED) is 0.722. The van der Waals surface area contributed by atoms with Crippen molar-refractivity contribution in [1.82, 2.24) is 9.80 Å². The lowest BCUT2D eigenvalue weighted by Gasteiger charge is -2.36. The predicted molar refractivity (Wildman–Crippen MR) is 121 cm³/mol. The van der Waals surface area contributed by atoms with Crippen LogP contribution < -0.4 is 14.4 Å². The Labute approximate surface area is 188 Å². The molecule has 0 spiro atoms. The van der Waals surface area contributed by atoms with Crippen LogP contribution in [0.2, 0.25) is 0 Å². The number of rotatable bonds is 5. The molecule has 2 aromatic carbocycles. The molecule has 0 bridgehead atoms. The van der Waals surface area contributed by atoms with Gasteiger partial charge in [-0.15, -0.1) is 0 Å². The first-order valence-electron chi connectivity index (χ1n) is 11.3. The molecule has 32 heavy (non-hydrogen) atoms. The lowest BCUT2D eigenvalue weighted by Crippen LogP contribution is -2.50. The number of fused-ring (bicyclic) bond motifs is 1. The Morgan fingerprint density at radius 1 is 1.12 bits per heavy atom. The van der Waals surface area contributed by atoms with Gasteiger partial charge in [-0.25, -0.2) is 0 Å². The number of benzene rings is 2. The average molecular weight is 436 g/mol. The Hall–Kier alpha value is -3.06. The molecule has 7 nitrogen and oxygen atoms in total. The summed E-state index contributed by atoms with van der Waals surface area (Å²) >= 11 is 0. The third kappa shape index (κ3) is 4.05. The van der Waals surface area contributed by atoms with Crippen LogP contribution >= 0.6 is 0 Å². The zero-order chi connectivity index (χ0) is 22.1. The molecular weight excluding hydrogens is 406 g/mol. The monoisotopic (exact) mass is 435 g/mol. The van der Waals surface area contributed by atoms with Crippen LogP contribution in [0.4, 0.5) is 5.69 Å². The van der Waals surface area contributed by atoms with E-state index in [1.54, 1.807) is 12.0 Å². The van der Waals surface area contributed by atoms with Crippen molar-refractivity contribution in [2.75, 3.05) is 51.3 Å². The topological polar surface area (TPSA) is 62.3 Å². The average Bonchev–Trinajstić information content (AvgIpc) is 3.45. The van der Waals surface area contributed by atoms with Gasteiger partial charge in [0, 0.05) is 52.1 Å². The fraction of sp³-hybridized carbons (Fsp3) is 0.440. The van der Waals surface area contributed by atoms with Crippen LogP contribution in [-0.2, 0) is 22.6 Å². The van der Waals surface area contributed by atoms with Gasteiger partial charge in [-0.3, -0.25) is 14.5 Å². The van der Waals surface area contributed by atoms with Crippen molar-refractivity contribution >= 4 is 17.5 Å². The van der Waals surface area contributed by atoms with E-state index in [-0.39, 0.29) is 24.2 Å². The standard InChI is InChI=1S/C25H29N3O4/c1-31-23-5-3-2-4-21(23)28-17-20(15-24(28)29)25(30)27-11-9-26(10-12-27)16-18-6-7-22-19(14-18)8-13-32-22/h2-7,14,20H,8-13,15-17H2,1H3. The summed E-state index contributed by atoms with van der Waals surface area (Å²) in [6, 6.07) is 13.9. The molecule has 1 unspecified atom stereocenters. The van der Waals surface area contributed by atoms with Crippen molar-refractivity contribution in [1.29, 1.82) is 0 Å². The van der Waals surface area contributed by atoms with Crippen LogP contribution in [0, 0.1) is 5.92 Å². The van der Waals surface area contributed by atoms with Crippen molar-refractivity contribution in [2.45, 2.75) is 19.4 Å². The molecule has 2 fully saturated rings.